The molecular weight excluding hydrogens is 393 g/mol. The highest BCUT2D eigenvalue weighted by Crippen LogP contribution is 2.22. The number of nitrogens with one attached hydrogen (secondary N) is 2. The summed E-state index contributed by atoms with van der Waals surface area (Å²) in [6.45, 7) is 1.96. The number of carbonyl (C=O) groups is 3. The van der Waals surface area contributed by atoms with E-state index in [1.165, 1.54) is 30.5 Å². The smallest absolute Gasteiger partial charge is 0.338 e. The van der Waals surface area contributed by atoms with Crippen LogP contribution in [0.1, 0.15) is 22.8 Å². The Bertz CT molecular complexity index is 862. The lowest BCUT2D eigenvalue weighted by Crippen LogP contribution is -2.32. The molecule has 2 amide bonds. The second-order valence-corrected chi connectivity index (χ2v) is 5.90. The number of anilines is 1. The number of esters is 1. The normalized spacial score (nSPS) is 10.5. The molecule has 7 nitrogen and oxygen atoms in total. The average molecular weight is 408 g/mol. The molecule has 2 N–H and O–H groups in total. The van der Waals surface area contributed by atoms with Crippen LogP contribution in [0.5, 0.6) is 0 Å². The summed E-state index contributed by atoms with van der Waals surface area (Å²) in [5.41, 5.74) is 3.16. The molecule has 0 aliphatic heterocycles. The summed E-state index contributed by atoms with van der Waals surface area (Å²) < 4.78 is 4.86. The van der Waals surface area contributed by atoms with E-state index in [1.54, 1.807) is 25.1 Å². The standard InChI is InChI=1S/C18H15Cl2N3O4/c1-2-27-18(26)11-6-8-12(9-7-11)22-16(24)17(25)23-21-10-13-14(19)4-3-5-15(13)20/h3-10H,2H2,1H3,(H,22,24)(H,23,25)/b21-10-. The molecule has 2 aromatic carbocycles. The van der Waals surface area contributed by atoms with Crippen molar-refractivity contribution in [1.29, 1.82) is 0 Å². The Balaban J connectivity index is 1.93. The van der Waals surface area contributed by atoms with Crippen LogP contribution in [0.4, 0.5) is 5.69 Å². The molecular formula is C18H15Cl2N3O4. The Morgan fingerprint density at radius 1 is 1.04 bits per heavy atom. The van der Waals surface area contributed by atoms with Gasteiger partial charge in [-0.15, -0.1) is 0 Å². The number of hydrogen-bond acceptors (Lipinski definition) is 5. The second kappa shape index (κ2) is 9.70. The van der Waals surface area contributed by atoms with Crippen LogP contribution in [-0.2, 0) is 14.3 Å². The first-order chi connectivity index (χ1) is 12.9. The molecule has 0 radical (unpaired) electrons. The second-order valence-electron chi connectivity index (χ2n) is 5.09. The van der Waals surface area contributed by atoms with E-state index >= 15 is 0 Å². The summed E-state index contributed by atoms with van der Waals surface area (Å²) in [6, 6.07) is 10.8. The highest BCUT2D eigenvalue weighted by atomic mass is 35.5. The van der Waals surface area contributed by atoms with E-state index in [-0.39, 0.29) is 6.61 Å². The van der Waals surface area contributed by atoms with Crippen LogP contribution in [0.25, 0.3) is 0 Å². The van der Waals surface area contributed by atoms with E-state index in [0.29, 0.717) is 26.9 Å². The number of hydrogen-bond donors (Lipinski definition) is 2. The number of amides is 2. The van der Waals surface area contributed by atoms with Gasteiger partial charge in [0.15, 0.2) is 0 Å². The number of benzene rings is 2. The summed E-state index contributed by atoms with van der Waals surface area (Å²) in [4.78, 5) is 35.2. The molecule has 0 aliphatic rings. The lowest BCUT2D eigenvalue weighted by molar-refractivity contribution is -0.136. The zero-order valence-corrected chi connectivity index (χ0v) is 15.7. The SMILES string of the molecule is CCOC(=O)c1ccc(NC(=O)C(=O)N/N=C\c2c(Cl)cccc2Cl)cc1. The van der Waals surface area contributed by atoms with E-state index in [4.69, 9.17) is 27.9 Å². The molecule has 0 heterocycles. The number of nitrogens with zero attached hydrogens (tertiary/aromatic N) is 1. The van der Waals surface area contributed by atoms with Crippen molar-refractivity contribution in [3.8, 4) is 0 Å². The molecule has 0 atom stereocenters. The predicted molar refractivity (Wildman–Crippen MR) is 103 cm³/mol. The first kappa shape index (κ1) is 20.4. The van der Waals surface area contributed by atoms with Crippen molar-refractivity contribution in [2.45, 2.75) is 6.92 Å². The first-order valence-electron chi connectivity index (χ1n) is 7.78. The molecule has 0 saturated heterocycles. The summed E-state index contributed by atoms with van der Waals surface area (Å²) in [5.74, 6) is -2.38. The van der Waals surface area contributed by atoms with Crippen molar-refractivity contribution in [2.75, 3.05) is 11.9 Å². The van der Waals surface area contributed by atoms with Gasteiger partial charge in [-0.05, 0) is 43.3 Å². The number of rotatable bonds is 5. The molecule has 0 bridgehead atoms. The Morgan fingerprint density at radius 3 is 2.26 bits per heavy atom. The highest BCUT2D eigenvalue weighted by molar-refractivity contribution is 6.40. The molecule has 0 aliphatic carbocycles. The van der Waals surface area contributed by atoms with E-state index in [0.717, 1.165) is 0 Å². The van der Waals surface area contributed by atoms with E-state index in [2.05, 4.69) is 15.8 Å². The minimum atomic E-state index is -0.983. The third kappa shape index (κ3) is 5.80. The maximum Gasteiger partial charge on any atom is 0.338 e. The summed E-state index contributed by atoms with van der Waals surface area (Å²) in [5, 5.41) is 6.76. The summed E-state index contributed by atoms with van der Waals surface area (Å²) >= 11 is 11.9. The van der Waals surface area contributed by atoms with E-state index in [9.17, 15) is 14.4 Å². The molecule has 0 fully saturated rings. The van der Waals surface area contributed by atoms with Crippen LogP contribution in [0.2, 0.25) is 10.0 Å². The minimum absolute atomic E-state index is 0.261. The monoisotopic (exact) mass is 407 g/mol. The largest absolute Gasteiger partial charge is 0.462 e. The fraction of sp³-hybridized carbons (Fsp3) is 0.111. The lowest BCUT2D eigenvalue weighted by Gasteiger charge is -2.06. The Morgan fingerprint density at radius 2 is 1.67 bits per heavy atom. The number of ether oxygens (including phenoxy) is 1. The fourth-order valence-electron chi connectivity index (χ4n) is 1.93. The van der Waals surface area contributed by atoms with Gasteiger partial charge in [0.1, 0.15) is 0 Å². The molecule has 27 heavy (non-hydrogen) atoms. The molecule has 140 valence electrons. The molecule has 0 unspecified atom stereocenters. The molecule has 2 aromatic rings. The van der Waals surface area contributed by atoms with E-state index in [1.807, 2.05) is 0 Å². The first-order valence-corrected chi connectivity index (χ1v) is 8.53. The Hall–Kier alpha value is -2.90. The van der Waals surface area contributed by atoms with Gasteiger partial charge in [0.25, 0.3) is 0 Å². The molecule has 9 heteroatoms. The Labute approximate surface area is 165 Å². The van der Waals surface area contributed by atoms with Gasteiger partial charge in [0.2, 0.25) is 0 Å². The van der Waals surface area contributed by atoms with Gasteiger partial charge in [0.05, 0.1) is 28.4 Å². The van der Waals surface area contributed by atoms with Gasteiger partial charge in [-0.1, -0.05) is 29.3 Å². The van der Waals surface area contributed by atoms with Gasteiger partial charge in [-0.25, -0.2) is 10.2 Å². The fourth-order valence-corrected chi connectivity index (χ4v) is 2.43. The third-order valence-corrected chi connectivity index (χ3v) is 3.88. The maximum atomic E-state index is 11.9. The topological polar surface area (TPSA) is 96.9 Å². The average Bonchev–Trinajstić information content (AvgIpc) is 2.64. The number of halogens is 2. The third-order valence-electron chi connectivity index (χ3n) is 3.22. The molecule has 0 aromatic heterocycles. The Kier molecular flexibility index (Phi) is 7.34. The van der Waals surface area contributed by atoms with Crippen molar-refractivity contribution in [2.24, 2.45) is 5.10 Å². The van der Waals surface area contributed by atoms with Crippen molar-refractivity contribution in [3.63, 3.8) is 0 Å². The summed E-state index contributed by atoms with van der Waals surface area (Å²) in [7, 11) is 0. The highest BCUT2D eigenvalue weighted by Gasteiger charge is 2.14. The van der Waals surface area contributed by atoms with Crippen LogP contribution >= 0.6 is 23.2 Å². The zero-order chi connectivity index (χ0) is 19.8. The quantitative estimate of drug-likeness (QED) is 0.344. The van der Waals surface area contributed by atoms with Crippen LogP contribution in [-0.4, -0.2) is 30.6 Å². The minimum Gasteiger partial charge on any atom is -0.462 e. The van der Waals surface area contributed by atoms with Gasteiger partial charge in [-0.2, -0.15) is 5.10 Å². The van der Waals surface area contributed by atoms with Crippen molar-refractivity contribution in [3.05, 3.63) is 63.6 Å². The number of hydrazone groups is 1. The van der Waals surface area contributed by atoms with Gasteiger partial charge in [0, 0.05) is 11.3 Å². The zero-order valence-electron chi connectivity index (χ0n) is 14.2. The number of carbonyl (C=O) groups excluding carboxylic acids is 3. The van der Waals surface area contributed by atoms with Crippen LogP contribution < -0.4 is 10.7 Å². The van der Waals surface area contributed by atoms with Crippen LogP contribution in [0.15, 0.2) is 47.6 Å². The van der Waals surface area contributed by atoms with Crippen LogP contribution in [0, 0.1) is 0 Å². The molecule has 0 spiro atoms. The van der Waals surface area contributed by atoms with Gasteiger partial charge < -0.3 is 10.1 Å². The molecule has 2 rings (SSSR count). The molecule has 0 saturated carbocycles. The maximum absolute atomic E-state index is 11.9. The van der Waals surface area contributed by atoms with Gasteiger partial charge in [-0.3, -0.25) is 9.59 Å². The predicted octanol–water partition coefficient (Wildman–Crippen LogP) is 3.26. The van der Waals surface area contributed by atoms with E-state index < -0.39 is 17.8 Å². The van der Waals surface area contributed by atoms with Gasteiger partial charge >= 0.3 is 17.8 Å². The van der Waals surface area contributed by atoms with Crippen molar-refractivity contribution in [1.82, 2.24) is 5.43 Å². The lowest BCUT2D eigenvalue weighted by atomic mass is 10.2. The summed E-state index contributed by atoms with van der Waals surface area (Å²) in [6.07, 6.45) is 1.24. The van der Waals surface area contributed by atoms with Crippen molar-refractivity contribution >= 4 is 52.9 Å². The van der Waals surface area contributed by atoms with Crippen molar-refractivity contribution < 1.29 is 19.1 Å². The van der Waals surface area contributed by atoms with Crippen LogP contribution in [0.3, 0.4) is 0 Å².